The summed E-state index contributed by atoms with van der Waals surface area (Å²) >= 11 is 0. The number of hydrogen-bond donors (Lipinski definition) is 2. The predicted molar refractivity (Wildman–Crippen MR) is 113 cm³/mol. The first-order valence-electron chi connectivity index (χ1n) is 9.63. The number of hydrogen-bond acceptors (Lipinski definition) is 3. The minimum Gasteiger partial charge on any atom is -0.484 e. The molecule has 0 bridgehead atoms. The van der Waals surface area contributed by atoms with E-state index in [0.717, 1.165) is 6.42 Å². The minimum absolute atomic E-state index is 0.0316. The van der Waals surface area contributed by atoms with Gasteiger partial charge in [-0.05, 0) is 60.7 Å². The van der Waals surface area contributed by atoms with Crippen molar-refractivity contribution >= 4 is 17.5 Å². The first-order chi connectivity index (χ1) is 13.2. The molecule has 0 aliphatic carbocycles. The third-order valence-electron chi connectivity index (χ3n) is 4.51. The molecule has 0 heterocycles. The van der Waals surface area contributed by atoms with Gasteiger partial charge < -0.3 is 15.4 Å². The highest BCUT2D eigenvalue weighted by Crippen LogP contribution is 2.22. The molecule has 2 aromatic carbocycles. The fraction of sp³-hybridized carbons (Fsp3) is 0.391. The average molecular weight is 383 g/mol. The molecule has 5 heteroatoms. The monoisotopic (exact) mass is 382 g/mol. The quantitative estimate of drug-likeness (QED) is 0.739. The normalized spacial score (nSPS) is 12.2. The Morgan fingerprint density at radius 1 is 1.00 bits per heavy atom. The van der Waals surface area contributed by atoms with Gasteiger partial charge in [0.2, 0.25) is 0 Å². The summed E-state index contributed by atoms with van der Waals surface area (Å²) in [5.74, 6) is 0.263. The maximum Gasteiger partial charge on any atom is 0.258 e. The van der Waals surface area contributed by atoms with Crippen molar-refractivity contribution in [3.63, 3.8) is 0 Å². The lowest BCUT2D eigenvalue weighted by molar-refractivity contribution is -0.123. The molecule has 0 fully saturated rings. The maximum absolute atomic E-state index is 12.4. The van der Waals surface area contributed by atoms with Gasteiger partial charge in [0.1, 0.15) is 5.75 Å². The van der Waals surface area contributed by atoms with E-state index < -0.39 is 0 Å². The molecule has 28 heavy (non-hydrogen) atoms. The molecule has 0 unspecified atom stereocenters. The lowest BCUT2D eigenvalue weighted by atomic mass is 9.87. The number of nitrogens with one attached hydrogen (secondary N) is 2. The van der Waals surface area contributed by atoms with E-state index >= 15 is 0 Å². The van der Waals surface area contributed by atoms with Gasteiger partial charge in [-0.25, -0.2) is 0 Å². The highest BCUT2D eigenvalue weighted by Gasteiger charge is 2.14. The Labute approximate surface area is 167 Å². The first kappa shape index (κ1) is 21.5. The van der Waals surface area contributed by atoms with Crippen LogP contribution in [0.15, 0.2) is 48.5 Å². The Hall–Kier alpha value is -2.82. The lowest BCUT2D eigenvalue weighted by Gasteiger charge is -2.19. The molecule has 2 rings (SSSR count). The van der Waals surface area contributed by atoms with Crippen molar-refractivity contribution < 1.29 is 14.3 Å². The SMILES string of the molecule is CC[C@H](C)NC(=O)COc1ccc(NC(=O)c2ccc(C(C)(C)C)cc2)cc1. The van der Waals surface area contributed by atoms with Crippen LogP contribution >= 0.6 is 0 Å². The molecule has 1 atom stereocenters. The molecule has 5 nitrogen and oxygen atoms in total. The van der Waals surface area contributed by atoms with Gasteiger partial charge in [-0.1, -0.05) is 39.8 Å². The van der Waals surface area contributed by atoms with Gasteiger partial charge in [0.15, 0.2) is 6.61 Å². The summed E-state index contributed by atoms with van der Waals surface area (Å²) in [6, 6.07) is 14.7. The second kappa shape index (κ2) is 9.40. The highest BCUT2D eigenvalue weighted by molar-refractivity contribution is 6.04. The number of anilines is 1. The van der Waals surface area contributed by atoms with Crippen LogP contribution in [0.4, 0.5) is 5.69 Å². The summed E-state index contributed by atoms with van der Waals surface area (Å²) in [5.41, 5.74) is 2.51. The predicted octanol–water partition coefficient (Wildman–Crippen LogP) is 4.53. The van der Waals surface area contributed by atoms with E-state index in [9.17, 15) is 9.59 Å². The standard InChI is InChI=1S/C23H30N2O3/c1-6-16(2)24-21(26)15-28-20-13-11-19(12-14-20)25-22(27)17-7-9-18(10-8-17)23(3,4)5/h7-14,16H,6,15H2,1-5H3,(H,24,26)(H,25,27)/t16-/m0/s1. The molecular weight excluding hydrogens is 352 g/mol. The van der Waals surface area contributed by atoms with Crippen LogP contribution in [0.25, 0.3) is 0 Å². The Morgan fingerprint density at radius 3 is 2.14 bits per heavy atom. The summed E-state index contributed by atoms with van der Waals surface area (Å²) in [5, 5.41) is 5.72. The van der Waals surface area contributed by atoms with Gasteiger partial charge in [0.05, 0.1) is 0 Å². The molecule has 0 radical (unpaired) electrons. The number of ether oxygens (including phenoxy) is 1. The van der Waals surface area contributed by atoms with E-state index in [4.69, 9.17) is 4.74 Å². The van der Waals surface area contributed by atoms with Crippen LogP contribution in [0.2, 0.25) is 0 Å². The molecule has 0 aromatic heterocycles. The minimum atomic E-state index is -0.165. The van der Waals surface area contributed by atoms with Gasteiger partial charge in [-0.15, -0.1) is 0 Å². The topological polar surface area (TPSA) is 67.4 Å². The molecule has 0 aliphatic heterocycles. The van der Waals surface area contributed by atoms with Gasteiger partial charge in [0, 0.05) is 17.3 Å². The first-order valence-corrected chi connectivity index (χ1v) is 9.63. The van der Waals surface area contributed by atoms with Crippen LogP contribution in [0.5, 0.6) is 5.75 Å². The van der Waals surface area contributed by atoms with E-state index in [2.05, 4.69) is 31.4 Å². The average Bonchev–Trinajstić information content (AvgIpc) is 2.66. The maximum atomic E-state index is 12.4. The van der Waals surface area contributed by atoms with Gasteiger partial charge in [-0.3, -0.25) is 9.59 Å². The molecule has 150 valence electrons. The second-order valence-corrected chi connectivity index (χ2v) is 7.97. The lowest BCUT2D eigenvalue weighted by Crippen LogP contribution is -2.35. The number of rotatable bonds is 7. The number of benzene rings is 2. The molecule has 0 aliphatic rings. The van der Waals surface area contributed by atoms with Crippen molar-refractivity contribution in [2.45, 2.75) is 52.5 Å². The molecule has 2 N–H and O–H groups in total. The number of carbonyl (C=O) groups excluding carboxylic acids is 2. The van der Waals surface area contributed by atoms with Crippen LogP contribution in [-0.2, 0) is 10.2 Å². The Balaban J connectivity index is 1.89. The third kappa shape index (κ3) is 6.41. The molecule has 2 amide bonds. The van der Waals surface area contributed by atoms with E-state index in [0.29, 0.717) is 17.0 Å². The van der Waals surface area contributed by atoms with E-state index in [1.54, 1.807) is 24.3 Å². The van der Waals surface area contributed by atoms with Crippen LogP contribution in [0.1, 0.15) is 57.0 Å². The smallest absolute Gasteiger partial charge is 0.258 e. The number of amides is 2. The summed E-state index contributed by atoms with van der Waals surface area (Å²) in [6.45, 7) is 10.3. The zero-order chi connectivity index (χ0) is 20.7. The van der Waals surface area contributed by atoms with Crippen molar-refractivity contribution in [1.82, 2.24) is 5.32 Å². The van der Waals surface area contributed by atoms with Crippen LogP contribution in [-0.4, -0.2) is 24.5 Å². The Morgan fingerprint density at radius 2 is 1.61 bits per heavy atom. The third-order valence-corrected chi connectivity index (χ3v) is 4.51. The zero-order valence-electron chi connectivity index (χ0n) is 17.3. The zero-order valence-corrected chi connectivity index (χ0v) is 17.3. The van der Waals surface area contributed by atoms with E-state index in [1.165, 1.54) is 5.56 Å². The van der Waals surface area contributed by atoms with Crippen molar-refractivity contribution in [1.29, 1.82) is 0 Å². The summed E-state index contributed by atoms with van der Waals surface area (Å²) in [4.78, 5) is 24.2. The Bertz CT molecular complexity index is 790. The second-order valence-electron chi connectivity index (χ2n) is 7.97. The van der Waals surface area contributed by atoms with Gasteiger partial charge in [0.25, 0.3) is 11.8 Å². The van der Waals surface area contributed by atoms with E-state index in [1.807, 2.05) is 38.1 Å². The molecule has 0 saturated heterocycles. The highest BCUT2D eigenvalue weighted by atomic mass is 16.5. The van der Waals surface area contributed by atoms with Crippen LogP contribution in [0.3, 0.4) is 0 Å². The van der Waals surface area contributed by atoms with Crippen molar-refractivity contribution in [3.05, 3.63) is 59.7 Å². The molecule has 0 spiro atoms. The fourth-order valence-electron chi connectivity index (χ4n) is 2.53. The largest absolute Gasteiger partial charge is 0.484 e. The molecular formula is C23H30N2O3. The van der Waals surface area contributed by atoms with Crippen LogP contribution in [0, 0.1) is 0 Å². The van der Waals surface area contributed by atoms with Gasteiger partial charge in [-0.2, -0.15) is 0 Å². The van der Waals surface area contributed by atoms with Crippen LogP contribution < -0.4 is 15.4 Å². The summed E-state index contributed by atoms with van der Waals surface area (Å²) in [7, 11) is 0. The van der Waals surface area contributed by atoms with Crippen molar-refractivity contribution in [2.75, 3.05) is 11.9 Å². The van der Waals surface area contributed by atoms with Crippen molar-refractivity contribution in [2.24, 2.45) is 0 Å². The number of carbonyl (C=O) groups is 2. The van der Waals surface area contributed by atoms with Crippen molar-refractivity contribution in [3.8, 4) is 5.75 Å². The fourth-order valence-corrected chi connectivity index (χ4v) is 2.53. The van der Waals surface area contributed by atoms with E-state index in [-0.39, 0.29) is 29.9 Å². The summed E-state index contributed by atoms with van der Waals surface area (Å²) < 4.78 is 5.48. The molecule has 2 aromatic rings. The van der Waals surface area contributed by atoms with Gasteiger partial charge >= 0.3 is 0 Å². The Kier molecular flexibility index (Phi) is 7.21. The summed E-state index contributed by atoms with van der Waals surface area (Å²) in [6.07, 6.45) is 0.874. The molecule has 0 saturated carbocycles.